The second-order valence-electron chi connectivity index (χ2n) is 16.1. The van der Waals surface area contributed by atoms with Crippen molar-refractivity contribution in [2.75, 3.05) is 13.6 Å². The zero-order valence-corrected chi connectivity index (χ0v) is 34.3. The maximum absolute atomic E-state index is 13.6. The van der Waals surface area contributed by atoms with Gasteiger partial charge in [0.05, 0.1) is 30.0 Å². The van der Waals surface area contributed by atoms with Crippen LogP contribution in [0.2, 0.25) is 0 Å². The van der Waals surface area contributed by atoms with Crippen LogP contribution in [0.25, 0.3) is 0 Å². The number of rotatable bonds is 21. The minimum atomic E-state index is -4.64. The number of carbonyl (C=O) groups is 4. The maximum atomic E-state index is 13.6. The number of alkyl halides is 3. The fourth-order valence-corrected chi connectivity index (χ4v) is 8.56. The largest absolute Gasteiger partial charge is 0.481 e. The normalized spacial score (nSPS) is 23.2. The molecule has 0 aromatic heterocycles. The molecule has 58 heavy (non-hydrogen) atoms. The van der Waals surface area contributed by atoms with Crippen molar-refractivity contribution in [1.82, 2.24) is 4.90 Å². The Labute approximate surface area is 342 Å². The van der Waals surface area contributed by atoms with E-state index >= 15 is 0 Å². The number of benzene rings is 1. The molecule has 6 atom stereocenters. The van der Waals surface area contributed by atoms with Crippen molar-refractivity contribution in [2.45, 2.75) is 186 Å². The van der Waals surface area contributed by atoms with E-state index in [9.17, 15) is 42.9 Å². The number of aliphatic hydroxyl groups is 2. The highest BCUT2D eigenvalue weighted by Gasteiger charge is 2.69. The van der Waals surface area contributed by atoms with Crippen molar-refractivity contribution >= 4 is 24.2 Å². The van der Waals surface area contributed by atoms with Crippen LogP contribution in [0.15, 0.2) is 24.0 Å². The average molecular weight is 828 g/mol. The predicted octanol–water partition coefficient (Wildman–Crippen LogP) is 8.66. The topological polar surface area (TPSA) is 160 Å². The number of carboxylic acid groups (broad SMARTS) is 1. The molecule has 0 bridgehead atoms. The fourth-order valence-electron chi connectivity index (χ4n) is 8.56. The van der Waals surface area contributed by atoms with Crippen molar-refractivity contribution < 1.29 is 61.9 Å². The SMILES string of the molecule is C.CCCCCCCCCCCCCCCC(C)C(=O)O[C@@H](CC(=O)O)C(=O)OC1=CC[C@@]2(O)[C@@H](C)N(C)CC[C@@]23c2c(C)ccc(CO)c2O[C@@H]13.O=CC(F)(F)F. The molecule has 0 amide bonds. The quantitative estimate of drug-likeness (QED) is 0.0618. The van der Waals surface area contributed by atoms with Crippen molar-refractivity contribution in [2.24, 2.45) is 5.92 Å². The number of aliphatic carboxylic acids is 1. The molecule has 11 nitrogen and oxygen atoms in total. The van der Waals surface area contributed by atoms with Crippen LogP contribution in [-0.2, 0) is 40.7 Å². The maximum Gasteiger partial charge on any atom is 0.446 e. The van der Waals surface area contributed by atoms with Crippen molar-refractivity contribution in [3.05, 3.63) is 40.7 Å². The minimum absolute atomic E-state index is 0. The third-order valence-corrected chi connectivity index (χ3v) is 12.0. The molecule has 1 spiro atoms. The Kier molecular flexibility index (Phi) is 20.4. The highest BCUT2D eigenvalue weighted by molar-refractivity contribution is 5.85. The van der Waals surface area contributed by atoms with Crippen LogP contribution in [-0.4, -0.2) is 88.0 Å². The summed E-state index contributed by atoms with van der Waals surface area (Å²) >= 11 is 0. The number of aliphatic hydroxyl groups excluding tert-OH is 1. The first kappa shape index (κ1) is 50.7. The molecule has 0 radical (unpaired) electrons. The minimum Gasteiger partial charge on any atom is -0.481 e. The Morgan fingerprint density at radius 2 is 1.55 bits per heavy atom. The number of fused-ring (bicyclic) bond motifs is 1. The van der Waals surface area contributed by atoms with Crippen LogP contribution in [0, 0.1) is 12.8 Å². The molecule has 4 rings (SSSR count). The number of halogens is 3. The summed E-state index contributed by atoms with van der Waals surface area (Å²) in [6, 6.07) is 3.42. The molecule has 1 aromatic carbocycles. The zero-order chi connectivity index (χ0) is 42.4. The average Bonchev–Trinajstić information content (AvgIpc) is 3.53. The molecule has 1 aromatic rings. The number of ether oxygens (including phenoxy) is 3. The number of esters is 2. The van der Waals surface area contributed by atoms with Gasteiger partial charge >= 0.3 is 24.1 Å². The van der Waals surface area contributed by atoms with Gasteiger partial charge in [0.1, 0.15) is 11.5 Å². The Morgan fingerprint density at radius 1 is 1.00 bits per heavy atom. The molecular weight excluding hydrogens is 759 g/mol. The van der Waals surface area contributed by atoms with E-state index < -0.39 is 65.9 Å². The Bertz CT molecular complexity index is 1530. The van der Waals surface area contributed by atoms with Gasteiger partial charge in [0.25, 0.3) is 0 Å². The lowest BCUT2D eigenvalue weighted by Crippen LogP contribution is -2.71. The lowest BCUT2D eigenvalue weighted by atomic mass is 9.54. The van der Waals surface area contributed by atoms with Crippen LogP contribution < -0.4 is 4.74 Å². The van der Waals surface area contributed by atoms with Crippen LogP contribution in [0.4, 0.5) is 13.2 Å². The number of carboxylic acids is 1. The van der Waals surface area contributed by atoms with E-state index in [1.807, 2.05) is 27.0 Å². The number of hydrogen-bond acceptors (Lipinski definition) is 10. The summed E-state index contributed by atoms with van der Waals surface area (Å²) in [7, 11) is 1.96. The molecular formula is C44H68F3NO10. The first-order valence-corrected chi connectivity index (χ1v) is 20.7. The van der Waals surface area contributed by atoms with E-state index in [1.165, 1.54) is 64.2 Å². The third-order valence-electron chi connectivity index (χ3n) is 12.0. The molecule has 1 fully saturated rings. The van der Waals surface area contributed by atoms with Gasteiger partial charge < -0.3 is 34.4 Å². The second-order valence-corrected chi connectivity index (χ2v) is 16.1. The Balaban J connectivity index is 0.00000154. The van der Waals surface area contributed by atoms with Crippen molar-refractivity contribution in [1.29, 1.82) is 0 Å². The molecule has 1 saturated heterocycles. The van der Waals surface area contributed by atoms with E-state index in [4.69, 9.17) is 19.0 Å². The van der Waals surface area contributed by atoms with Gasteiger partial charge in [-0.15, -0.1) is 0 Å². The van der Waals surface area contributed by atoms with Gasteiger partial charge in [-0.05, 0) is 51.9 Å². The van der Waals surface area contributed by atoms with E-state index in [0.717, 1.165) is 30.4 Å². The summed E-state index contributed by atoms with van der Waals surface area (Å²) in [5, 5.41) is 32.3. The van der Waals surface area contributed by atoms with E-state index in [0.29, 0.717) is 30.7 Å². The molecule has 1 unspecified atom stereocenters. The molecule has 3 aliphatic rings. The predicted molar refractivity (Wildman–Crippen MR) is 214 cm³/mol. The van der Waals surface area contributed by atoms with E-state index in [2.05, 4.69) is 11.8 Å². The Hall–Kier alpha value is -3.49. The van der Waals surface area contributed by atoms with Gasteiger partial charge in [0.2, 0.25) is 12.4 Å². The number of nitrogens with zero attached hydrogens (tertiary/aromatic N) is 1. The van der Waals surface area contributed by atoms with E-state index in [-0.39, 0.29) is 32.3 Å². The molecule has 2 aliphatic heterocycles. The number of aldehydes is 1. The van der Waals surface area contributed by atoms with Gasteiger partial charge in [-0.1, -0.05) is 117 Å². The van der Waals surface area contributed by atoms with Crippen LogP contribution in [0.3, 0.4) is 0 Å². The number of likely N-dealkylation sites (tertiary alicyclic amines) is 1. The van der Waals surface area contributed by atoms with Crippen LogP contribution in [0.1, 0.15) is 154 Å². The third kappa shape index (κ3) is 12.8. The molecule has 330 valence electrons. The molecule has 14 heteroatoms. The van der Waals surface area contributed by atoms with Gasteiger partial charge in [-0.3, -0.25) is 14.4 Å². The van der Waals surface area contributed by atoms with Crippen LogP contribution >= 0.6 is 0 Å². The molecule has 2 heterocycles. The Morgan fingerprint density at radius 3 is 2.07 bits per heavy atom. The number of carbonyl (C=O) groups excluding carboxylic acids is 3. The fraction of sp³-hybridized carbons (Fsp3) is 0.727. The smallest absolute Gasteiger partial charge is 0.446 e. The van der Waals surface area contributed by atoms with E-state index in [1.54, 1.807) is 19.1 Å². The standard InChI is InChI=1S/C41H63NO9.C2HF3O.CH4/c1-6-7-8-9-10-11-12-13-14-15-16-17-18-19-29(3)38(46)50-33(26-34(44)45)39(47)49-32-22-23-41(48)30(4)42(5)25-24-40(41)35-28(2)20-21-31(27-43)36(35)51-37(32)40;3-2(4,5)1-6;/h20-22,29-30,33,37,43,48H,6-19,23-27H2,1-5H3,(H,44,45);1H;1H4/t29?,30-,33+,37+,40+,41-;;/m1../s1. The first-order chi connectivity index (χ1) is 27.0. The van der Waals surface area contributed by atoms with Gasteiger partial charge in [-0.25, -0.2) is 4.79 Å². The molecule has 0 saturated carbocycles. The van der Waals surface area contributed by atoms with Gasteiger partial charge in [0.15, 0.2) is 6.10 Å². The van der Waals surface area contributed by atoms with Gasteiger partial charge in [-0.2, -0.15) is 13.2 Å². The highest BCUT2D eigenvalue weighted by atomic mass is 19.4. The summed E-state index contributed by atoms with van der Waals surface area (Å²) in [6.45, 7) is 8.26. The number of unbranched alkanes of at least 4 members (excludes halogenated alkanes) is 12. The second kappa shape index (κ2) is 23.3. The van der Waals surface area contributed by atoms with Crippen molar-refractivity contribution in [3.8, 4) is 5.75 Å². The first-order valence-electron chi connectivity index (χ1n) is 20.7. The summed E-state index contributed by atoms with van der Waals surface area (Å²) in [4.78, 5) is 49.3. The van der Waals surface area contributed by atoms with Crippen LogP contribution in [0.5, 0.6) is 5.75 Å². The molecule has 3 N–H and O–H groups in total. The summed E-state index contributed by atoms with van der Waals surface area (Å²) in [6.07, 6.45) is 9.85. The monoisotopic (exact) mass is 827 g/mol. The number of likely N-dealkylation sites (N-methyl/N-ethyl adjacent to an activating group) is 1. The number of piperidine rings is 1. The lowest BCUT2D eigenvalue weighted by Gasteiger charge is -2.58. The van der Waals surface area contributed by atoms with Crippen molar-refractivity contribution in [3.63, 3.8) is 0 Å². The van der Waals surface area contributed by atoms with Gasteiger partial charge in [0, 0.05) is 23.6 Å². The zero-order valence-electron chi connectivity index (χ0n) is 34.3. The summed E-state index contributed by atoms with van der Waals surface area (Å²) < 4.78 is 49.2. The highest BCUT2D eigenvalue weighted by Crippen LogP contribution is 2.61. The molecule has 1 aliphatic carbocycles. The lowest BCUT2D eigenvalue weighted by molar-refractivity contribution is -0.176. The number of hydrogen-bond donors (Lipinski definition) is 3. The summed E-state index contributed by atoms with van der Waals surface area (Å²) in [5.74, 6) is -2.80. The number of aryl methyl sites for hydroxylation is 1. The summed E-state index contributed by atoms with van der Waals surface area (Å²) in [5.41, 5.74) is -0.0361.